The summed E-state index contributed by atoms with van der Waals surface area (Å²) >= 11 is 6.19. The SMILES string of the molecule is O=c1c2cc(Cl)ccc2c2[nH]c(NCC3CC3)nc2n1C1CCCCC1. The summed E-state index contributed by atoms with van der Waals surface area (Å²) in [6, 6.07) is 5.78. The van der Waals surface area contributed by atoms with E-state index >= 15 is 0 Å². The van der Waals surface area contributed by atoms with Gasteiger partial charge < -0.3 is 10.3 Å². The molecule has 0 spiro atoms. The monoisotopic (exact) mass is 370 g/mol. The molecule has 5 rings (SSSR count). The number of anilines is 1. The first-order valence-electron chi connectivity index (χ1n) is 9.68. The number of pyridine rings is 1. The van der Waals surface area contributed by atoms with Crippen LogP contribution in [0.1, 0.15) is 51.0 Å². The molecule has 0 aliphatic heterocycles. The van der Waals surface area contributed by atoms with Crippen LogP contribution in [0.3, 0.4) is 0 Å². The summed E-state index contributed by atoms with van der Waals surface area (Å²) in [6.45, 7) is 0.942. The fourth-order valence-corrected chi connectivity index (χ4v) is 4.36. The fraction of sp³-hybridized carbons (Fsp3) is 0.500. The molecule has 136 valence electrons. The number of hydrogen-bond acceptors (Lipinski definition) is 3. The molecule has 6 heteroatoms. The van der Waals surface area contributed by atoms with Gasteiger partial charge in [-0.15, -0.1) is 0 Å². The molecule has 0 saturated heterocycles. The molecular formula is C20H23ClN4O. The van der Waals surface area contributed by atoms with Gasteiger partial charge >= 0.3 is 0 Å². The molecule has 0 amide bonds. The minimum Gasteiger partial charge on any atom is -0.355 e. The third-order valence-corrected chi connectivity index (χ3v) is 6.04. The van der Waals surface area contributed by atoms with Crippen LogP contribution in [-0.2, 0) is 0 Å². The highest BCUT2D eigenvalue weighted by Crippen LogP contribution is 2.33. The predicted molar refractivity (Wildman–Crippen MR) is 106 cm³/mol. The van der Waals surface area contributed by atoms with Gasteiger partial charge in [0.15, 0.2) is 5.65 Å². The number of hydrogen-bond donors (Lipinski definition) is 2. The molecule has 2 saturated carbocycles. The van der Waals surface area contributed by atoms with Crippen molar-refractivity contribution in [2.75, 3.05) is 11.9 Å². The molecular weight excluding hydrogens is 348 g/mol. The van der Waals surface area contributed by atoms with Crippen LogP contribution in [-0.4, -0.2) is 21.1 Å². The molecule has 0 atom stereocenters. The van der Waals surface area contributed by atoms with Crippen molar-refractivity contribution in [1.82, 2.24) is 14.5 Å². The van der Waals surface area contributed by atoms with E-state index in [1.165, 1.54) is 32.1 Å². The maximum Gasteiger partial charge on any atom is 0.260 e. The number of imidazole rings is 1. The predicted octanol–water partition coefficient (Wildman–Crippen LogP) is 4.86. The van der Waals surface area contributed by atoms with Crippen molar-refractivity contribution in [3.05, 3.63) is 33.6 Å². The van der Waals surface area contributed by atoms with Gasteiger partial charge in [0.1, 0.15) is 0 Å². The van der Waals surface area contributed by atoms with Crippen molar-refractivity contribution in [2.24, 2.45) is 5.92 Å². The smallest absolute Gasteiger partial charge is 0.260 e. The zero-order chi connectivity index (χ0) is 17.7. The highest BCUT2D eigenvalue weighted by molar-refractivity contribution is 6.31. The highest BCUT2D eigenvalue weighted by Gasteiger charge is 2.24. The topological polar surface area (TPSA) is 62.7 Å². The lowest BCUT2D eigenvalue weighted by Gasteiger charge is -2.24. The van der Waals surface area contributed by atoms with Crippen molar-refractivity contribution in [3.63, 3.8) is 0 Å². The van der Waals surface area contributed by atoms with E-state index in [1.54, 1.807) is 6.07 Å². The summed E-state index contributed by atoms with van der Waals surface area (Å²) in [5, 5.41) is 5.58. The second-order valence-electron chi connectivity index (χ2n) is 7.77. The Labute approximate surface area is 156 Å². The van der Waals surface area contributed by atoms with E-state index in [4.69, 9.17) is 16.6 Å². The lowest BCUT2D eigenvalue weighted by atomic mass is 9.95. The number of aromatic amines is 1. The van der Waals surface area contributed by atoms with E-state index in [0.29, 0.717) is 10.4 Å². The summed E-state index contributed by atoms with van der Waals surface area (Å²) in [4.78, 5) is 21.5. The first kappa shape index (κ1) is 16.2. The Kier molecular flexibility index (Phi) is 3.92. The normalized spacial score (nSPS) is 18.7. The molecule has 0 bridgehead atoms. The van der Waals surface area contributed by atoms with Crippen LogP contribution in [0.2, 0.25) is 5.02 Å². The maximum absolute atomic E-state index is 13.3. The average Bonchev–Trinajstić information content (AvgIpc) is 3.40. The second-order valence-corrected chi connectivity index (χ2v) is 8.20. The van der Waals surface area contributed by atoms with Crippen LogP contribution in [0.5, 0.6) is 0 Å². The molecule has 26 heavy (non-hydrogen) atoms. The Morgan fingerprint density at radius 1 is 1.15 bits per heavy atom. The van der Waals surface area contributed by atoms with Crippen molar-refractivity contribution in [3.8, 4) is 0 Å². The Bertz CT molecular complexity index is 1030. The lowest BCUT2D eigenvalue weighted by Crippen LogP contribution is -2.27. The van der Waals surface area contributed by atoms with E-state index in [0.717, 1.165) is 47.8 Å². The summed E-state index contributed by atoms with van der Waals surface area (Å²) in [6.07, 6.45) is 8.26. The molecule has 0 unspecified atom stereocenters. The van der Waals surface area contributed by atoms with Crippen LogP contribution in [0.4, 0.5) is 5.95 Å². The molecule has 3 aromatic rings. The summed E-state index contributed by atoms with van der Waals surface area (Å²) in [5.41, 5.74) is 1.73. The van der Waals surface area contributed by atoms with Gasteiger partial charge in [-0.1, -0.05) is 36.9 Å². The zero-order valence-corrected chi connectivity index (χ0v) is 15.5. The van der Waals surface area contributed by atoms with Crippen LogP contribution in [0.15, 0.2) is 23.0 Å². The number of rotatable bonds is 4. The average molecular weight is 371 g/mol. The maximum atomic E-state index is 13.3. The second kappa shape index (κ2) is 6.31. The minimum atomic E-state index is 0.0298. The molecule has 2 aliphatic carbocycles. The van der Waals surface area contributed by atoms with Gasteiger partial charge in [-0.2, -0.15) is 4.98 Å². The van der Waals surface area contributed by atoms with E-state index in [-0.39, 0.29) is 11.6 Å². The lowest BCUT2D eigenvalue weighted by molar-refractivity contribution is 0.354. The van der Waals surface area contributed by atoms with Crippen molar-refractivity contribution in [1.29, 1.82) is 0 Å². The van der Waals surface area contributed by atoms with Gasteiger partial charge in [0.25, 0.3) is 5.56 Å². The van der Waals surface area contributed by atoms with Crippen molar-refractivity contribution < 1.29 is 0 Å². The first-order valence-corrected chi connectivity index (χ1v) is 10.1. The standard InChI is InChI=1S/C20H23ClN4O/c21-13-8-9-15-16(10-13)19(26)25(14-4-2-1-3-5-14)18-17(15)23-20(24-18)22-11-12-6-7-12/h8-10,12,14H,1-7,11H2,(H2,22,23,24). The number of fused-ring (bicyclic) bond motifs is 3. The number of benzene rings is 1. The molecule has 2 N–H and O–H groups in total. The molecule has 2 fully saturated rings. The zero-order valence-electron chi connectivity index (χ0n) is 14.7. The largest absolute Gasteiger partial charge is 0.355 e. The van der Waals surface area contributed by atoms with E-state index in [1.807, 2.05) is 16.7 Å². The molecule has 1 aromatic carbocycles. The van der Waals surface area contributed by atoms with Gasteiger partial charge in [-0.05, 0) is 43.7 Å². The van der Waals surface area contributed by atoms with Crippen molar-refractivity contribution in [2.45, 2.75) is 51.0 Å². The van der Waals surface area contributed by atoms with E-state index < -0.39 is 0 Å². The number of nitrogens with zero attached hydrogens (tertiary/aromatic N) is 2. The fourth-order valence-electron chi connectivity index (χ4n) is 4.19. The van der Waals surface area contributed by atoms with Gasteiger partial charge in [-0.25, -0.2) is 0 Å². The van der Waals surface area contributed by atoms with Crippen LogP contribution < -0.4 is 10.9 Å². The van der Waals surface area contributed by atoms with Gasteiger partial charge in [-0.3, -0.25) is 9.36 Å². The number of nitrogens with one attached hydrogen (secondary N) is 2. The summed E-state index contributed by atoms with van der Waals surface area (Å²) in [5.74, 6) is 1.53. The summed E-state index contributed by atoms with van der Waals surface area (Å²) < 4.78 is 1.92. The first-order chi connectivity index (χ1) is 12.7. The van der Waals surface area contributed by atoms with Crippen LogP contribution in [0, 0.1) is 5.92 Å². The van der Waals surface area contributed by atoms with E-state index in [9.17, 15) is 4.79 Å². The molecule has 2 aliphatic rings. The summed E-state index contributed by atoms with van der Waals surface area (Å²) in [7, 11) is 0. The quantitative estimate of drug-likeness (QED) is 0.689. The minimum absolute atomic E-state index is 0.0298. The van der Waals surface area contributed by atoms with E-state index in [2.05, 4.69) is 10.3 Å². The van der Waals surface area contributed by atoms with Gasteiger partial charge in [0, 0.05) is 23.0 Å². The molecule has 2 heterocycles. The Morgan fingerprint density at radius 2 is 1.96 bits per heavy atom. The highest BCUT2D eigenvalue weighted by atomic mass is 35.5. The van der Waals surface area contributed by atoms with Gasteiger partial charge in [0.2, 0.25) is 5.95 Å². The number of halogens is 1. The molecule has 0 radical (unpaired) electrons. The van der Waals surface area contributed by atoms with Gasteiger partial charge in [0.05, 0.1) is 10.9 Å². The molecule has 5 nitrogen and oxygen atoms in total. The van der Waals surface area contributed by atoms with Crippen LogP contribution in [0.25, 0.3) is 21.9 Å². The number of aromatic nitrogens is 3. The Balaban J connectivity index is 1.72. The Morgan fingerprint density at radius 3 is 2.73 bits per heavy atom. The van der Waals surface area contributed by atoms with Crippen molar-refractivity contribution >= 4 is 39.5 Å². The van der Waals surface area contributed by atoms with Crippen LogP contribution >= 0.6 is 11.6 Å². The Hall–Kier alpha value is -2.01. The molecule has 2 aromatic heterocycles. The number of H-pyrrole nitrogens is 1. The third-order valence-electron chi connectivity index (χ3n) is 5.81. The third kappa shape index (κ3) is 2.78.